The summed E-state index contributed by atoms with van der Waals surface area (Å²) in [5.74, 6) is -0.733. The molecule has 0 unspecified atom stereocenters. The van der Waals surface area contributed by atoms with Crippen LogP contribution in [-0.4, -0.2) is 30.1 Å². The van der Waals surface area contributed by atoms with Crippen molar-refractivity contribution < 1.29 is 14.7 Å². The smallest absolute Gasteiger partial charge is 0.319 e. The van der Waals surface area contributed by atoms with Crippen molar-refractivity contribution in [2.75, 3.05) is 17.3 Å². The van der Waals surface area contributed by atoms with Gasteiger partial charge in [-0.1, -0.05) is 23.2 Å². The van der Waals surface area contributed by atoms with Crippen molar-refractivity contribution in [2.24, 2.45) is 0 Å². The van der Waals surface area contributed by atoms with Crippen LogP contribution < -0.4 is 15.7 Å². The van der Waals surface area contributed by atoms with Crippen LogP contribution in [0.4, 0.5) is 10.5 Å². The number of carbonyl (C=O) groups is 2. The summed E-state index contributed by atoms with van der Waals surface area (Å²) in [6.07, 6.45) is 2.12. The first-order valence-electron chi connectivity index (χ1n) is 5.66. The van der Waals surface area contributed by atoms with Gasteiger partial charge in [-0.15, -0.1) is 0 Å². The third kappa shape index (κ3) is 5.48. The van der Waals surface area contributed by atoms with Crippen LogP contribution in [0.1, 0.15) is 6.42 Å². The minimum atomic E-state index is -1.33. The summed E-state index contributed by atoms with van der Waals surface area (Å²) in [6, 6.07) is 2.85. The SMILES string of the molecule is CSCC[C@H](NC(=O)Nc1cc(Cl)ccc1Cl)C(=O)[O-]. The van der Waals surface area contributed by atoms with Crippen LogP contribution in [0.25, 0.3) is 0 Å². The highest BCUT2D eigenvalue weighted by Crippen LogP contribution is 2.25. The summed E-state index contributed by atoms with van der Waals surface area (Å²) in [7, 11) is 0. The number of carboxylic acids is 1. The van der Waals surface area contributed by atoms with Crippen molar-refractivity contribution in [3.05, 3.63) is 28.2 Å². The van der Waals surface area contributed by atoms with E-state index in [0.29, 0.717) is 21.5 Å². The highest BCUT2D eigenvalue weighted by atomic mass is 35.5. The van der Waals surface area contributed by atoms with Gasteiger partial charge in [-0.3, -0.25) is 0 Å². The van der Waals surface area contributed by atoms with Crippen LogP contribution in [0.5, 0.6) is 0 Å². The third-order valence-corrected chi connectivity index (χ3v) is 3.59. The van der Waals surface area contributed by atoms with Gasteiger partial charge < -0.3 is 20.5 Å². The summed E-state index contributed by atoms with van der Waals surface area (Å²) in [6.45, 7) is 0. The van der Waals surface area contributed by atoms with Crippen molar-refractivity contribution in [3.8, 4) is 0 Å². The van der Waals surface area contributed by atoms with E-state index in [9.17, 15) is 14.7 Å². The number of aliphatic carboxylic acids is 1. The lowest BCUT2D eigenvalue weighted by Gasteiger charge is -2.19. The van der Waals surface area contributed by atoms with Gasteiger partial charge in [0.05, 0.1) is 22.7 Å². The Morgan fingerprint density at radius 3 is 2.70 bits per heavy atom. The van der Waals surface area contributed by atoms with Crippen LogP contribution in [-0.2, 0) is 4.79 Å². The maximum atomic E-state index is 11.7. The minimum Gasteiger partial charge on any atom is -0.548 e. The Hall–Kier alpha value is -1.11. The van der Waals surface area contributed by atoms with Crippen molar-refractivity contribution in [3.63, 3.8) is 0 Å². The summed E-state index contributed by atoms with van der Waals surface area (Å²) in [5.41, 5.74) is 0.304. The van der Waals surface area contributed by atoms with Crippen LogP contribution in [0, 0.1) is 0 Å². The lowest BCUT2D eigenvalue weighted by Crippen LogP contribution is -2.49. The zero-order chi connectivity index (χ0) is 15.1. The number of thioether (sulfide) groups is 1. The Morgan fingerprint density at radius 2 is 2.10 bits per heavy atom. The molecule has 1 aromatic rings. The van der Waals surface area contributed by atoms with Gasteiger partial charge in [-0.05, 0) is 36.6 Å². The van der Waals surface area contributed by atoms with E-state index in [2.05, 4.69) is 10.6 Å². The van der Waals surface area contributed by atoms with E-state index in [0.717, 1.165) is 0 Å². The van der Waals surface area contributed by atoms with Crippen LogP contribution >= 0.6 is 35.0 Å². The fourth-order valence-electron chi connectivity index (χ4n) is 1.39. The standard InChI is InChI=1S/C12H14Cl2N2O3S/c1-20-5-4-9(11(17)18)15-12(19)16-10-6-7(13)2-3-8(10)14/h2-3,6,9H,4-5H2,1H3,(H,17,18)(H2,15,16,19)/p-1/t9-/m0/s1. The van der Waals surface area contributed by atoms with E-state index in [4.69, 9.17) is 23.2 Å². The highest BCUT2D eigenvalue weighted by Gasteiger charge is 2.14. The molecule has 0 spiro atoms. The Balaban J connectivity index is 2.65. The summed E-state index contributed by atoms with van der Waals surface area (Å²) in [4.78, 5) is 22.6. The molecule has 110 valence electrons. The maximum absolute atomic E-state index is 11.7. The number of hydrogen-bond donors (Lipinski definition) is 2. The van der Waals surface area contributed by atoms with Gasteiger partial charge in [0, 0.05) is 5.02 Å². The average molecular weight is 336 g/mol. The van der Waals surface area contributed by atoms with E-state index in [1.807, 2.05) is 6.26 Å². The molecule has 1 rings (SSSR count). The molecule has 1 aromatic carbocycles. The van der Waals surface area contributed by atoms with Gasteiger partial charge in [-0.2, -0.15) is 11.8 Å². The van der Waals surface area contributed by atoms with Crippen LogP contribution in [0.2, 0.25) is 10.0 Å². The fourth-order valence-corrected chi connectivity index (χ4v) is 2.20. The van der Waals surface area contributed by atoms with Crippen LogP contribution in [0.15, 0.2) is 18.2 Å². The molecule has 2 N–H and O–H groups in total. The Morgan fingerprint density at radius 1 is 1.40 bits per heavy atom. The molecule has 20 heavy (non-hydrogen) atoms. The van der Waals surface area contributed by atoms with Gasteiger partial charge in [0.15, 0.2) is 0 Å². The second-order valence-electron chi connectivity index (χ2n) is 3.88. The summed E-state index contributed by atoms with van der Waals surface area (Å²) in [5, 5.41) is 16.4. The Kier molecular flexibility index (Phi) is 6.98. The molecule has 0 heterocycles. The number of carbonyl (C=O) groups excluding carboxylic acids is 2. The largest absolute Gasteiger partial charge is 0.548 e. The van der Waals surface area contributed by atoms with E-state index < -0.39 is 18.0 Å². The van der Waals surface area contributed by atoms with Crippen molar-refractivity contribution in [2.45, 2.75) is 12.5 Å². The molecule has 0 aliphatic heterocycles. The quantitative estimate of drug-likeness (QED) is 0.832. The maximum Gasteiger partial charge on any atom is 0.319 e. The van der Waals surface area contributed by atoms with Crippen molar-refractivity contribution in [1.82, 2.24) is 5.32 Å². The molecule has 0 saturated heterocycles. The molecule has 0 aromatic heterocycles. The zero-order valence-electron chi connectivity index (χ0n) is 10.6. The number of halogens is 2. The molecule has 0 radical (unpaired) electrons. The number of benzene rings is 1. The van der Waals surface area contributed by atoms with Crippen molar-refractivity contribution >= 4 is 52.7 Å². The molecular weight excluding hydrogens is 323 g/mol. The Bertz CT molecular complexity index is 500. The molecule has 0 aliphatic rings. The number of carboxylic acid groups (broad SMARTS) is 1. The van der Waals surface area contributed by atoms with Gasteiger partial charge in [0.25, 0.3) is 0 Å². The number of rotatable bonds is 6. The predicted molar refractivity (Wildman–Crippen MR) is 80.4 cm³/mol. The second-order valence-corrected chi connectivity index (χ2v) is 5.70. The number of nitrogens with one attached hydrogen (secondary N) is 2. The van der Waals surface area contributed by atoms with Crippen LogP contribution in [0.3, 0.4) is 0 Å². The number of amides is 2. The van der Waals surface area contributed by atoms with E-state index in [1.54, 1.807) is 6.07 Å². The first-order chi connectivity index (χ1) is 9.43. The summed E-state index contributed by atoms with van der Waals surface area (Å²) < 4.78 is 0. The molecule has 0 bridgehead atoms. The van der Waals surface area contributed by atoms with Gasteiger partial charge >= 0.3 is 6.03 Å². The highest BCUT2D eigenvalue weighted by molar-refractivity contribution is 7.98. The zero-order valence-corrected chi connectivity index (χ0v) is 12.9. The minimum absolute atomic E-state index is 0.278. The lowest BCUT2D eigenvalue weighted by atomic mass is 10.2. The predicted octanol–water partition coefficient (Wildman–Crippen LogP) is 1.99. The topological polar surface area (TPSA) is 81.3 Å². The normalized spacial score (nSPS) is 11.8. The fraction of sp³-hybridized carbons (Fsp3) is 0.333. The Labute approximate surface area is 131 Å². The summed E-state index contributed by atoms with van der Waals surface area (Å²) >= 11 is 13.2. The first-order valence-corrected chi connectivity index (χ1v) is 7.81. The number of urea groups is 1. The van der Waals surface area contributed by atoms with E-state index in [-0.39, 0.29) is 6.42 Å². The second kappa shape index (κ2) is 8.24. The molecule has 5 nitrogen and oxygen atoms in total. The molecule has 0 fully saturated rings. The van der Waals surface area contributed by atoms with E-state index >= 15 is 0 Å². The van der Waals surface area contributed by atoms with Gasteiger partial charge in [0.1, 0.15) is 0 Å². The average Bonchev–Trinajstić information content (AvgIpc) is 2.38. The van der Waals surface area contributed by atoms with Gasteiger partial charge in [0.2, 0.25) is 0 Å². The molecule has 0 aliphatic carbocycles. The molecule has 1 atom stereocenters. The molecular formula is C12H13Cl2N2O3S-. The van der Waals surface area contributed by atoms with Gasteiger partial charge in [-0.25, -0.2) is 4.79 Å². The number of hydrogen-bond acceptors (Lipinski definition) is 4. The molecule has 0 saturated carbocycles. The van der Waals surface area contributed by atoms with E-state index in [1.165, 1.54) is 23.9 Å². The van der Waals surface area contributed by atoms with Crippen molar-refractivity contribution in [1.29, 1.82) is 0 Å². The third-order valence-electron chi connectivity index (χ3n) is 2.38. The first kappa shape index (κ1) is 16.9. The monoisotopic (exact) mass is 335 g/mol. The lowest BCUT2D eigenvalue weighted by molar-refractivity contribution is -0.308. The molecule has 2 amide bonds. The number of anilines is 1. The molecule has 8 heteroatoms.